The summed E-state index contributed by atoms with van der Waals surface area (Å²) < 4.78 is 8.95. The molecule has 13 heteroatoms. The van der Waals surface area contributed by atoms with Crippen LogP contribution in [0.15, 0.2) is 36.0 Å². The fourth-order valence-corrected chi connectivity index (χ4v) is 6.56. The van der Waals surface area contributed by atoms with Gasteiger partial charge in [0.25, 0.3) is 0 Å². The number of aryl methyl sites for hydroxylation is 1. The van der Waals surface area contributed by atoms with E-state index in [1.54, 1.807) is 12.4 Å². The Morgan fingerprint density at radius 2 is 2.12 bits per heavy atom. The molecule has 0 aromatic carbocycles. The monoisotopic (exact) mass is 579 g/mol. The number of rotatable bonds is 4. The van der Waals surface area contributed by atoms with Crippen LogP contribution in [0, 0.1) is 5.92 Å². The van der Waals surface area contributed by atoms with E-state index >= 15 is 0 Å². The van der Waals surface area contributed by atoms with Crippen LogP contribution in [-0.4, -0.2) is 77.6 Å². The van der Waals surface area contributed by atoms with Crippen LogP contribution in [0.2, 0.25) is 0 Å². The number of allylic oxidation sites excluding steroid dienone is 1. The molecule has 1 saturated carbocycles. The first-order valence-corrected chi connectivity index (χ1v) is 14.8. The van der Waals surface area contributed by atoms with E-state index in [4.69, 9.17) is 10.5 Å². The zero-order valence-electron chi connectivity index (χ0n) is 22.7. The van der Waals surface area contributed by atoms with Crippen LogP contribution in [0.1, 0.15) is 44.9 Å². The van der Waals surface area contributed by atoms with Crippen LogP contribution in [0.4, 0.5) is 0 Å². The zero-order chi connectivity index (χ0) is 28.7. The Balaban J connectivity index is 1.29. The van der Waals surface area contributed by atoms with Gasteiger partial charge in [0.2, 0.25) is 17.7 Å². The molecule has 41 heavy (non-hydrogen) atoms. The molecular weight excluding hydrogens is 546 g/mol. The normalized spacial score (nSPS) is 28.9. The summed E-state index contributed by atoms with van der Waals surface area (Å²) in [6.45, 7) is 0.128. The molecule has 0 spiro atoms. The Hall–Kier alpha value is -3.84. The van der Waals surface area contributed by atoms with Gasteiger partial charge in [0, 0.05) is 31.8 Å². The van der Waals surface area contributed by atoms with E-state index in [1.165, 1.54) is 16.2 Å². The zero-order valence-corrected chi connectivity index (χ0v) is 23.5. The largest absolute Gasteiger partial charge is 0.479 e. The number of nitrogens with two attached hydrogens (primary N) is 1. The number of fused-ring (bicyclic) bond motifs is 3. The van der Waals surface area contributed by atoms with E-state index < -0.39 is 35.6 Å². The number of aliphatic carboxylic acids is 1. The number of hydrogen-bond acceptors (Lipinski definition) is 9. The molecule has 0 bridgehead atoms. The van der Waals surface area contributed by atoms with Crippen LogP contribution in [-0.2, 0) is 21.4 Å². The highest BCUT2D eigenvalue weighted by Gasteiger charge is 2.61. The molecule has 2 fully saturated rings. The van der Waals surface area contributed by atoms with Crippen molar-refractivity contribution in [3.05, 3.63) is 36.0 Å². The smallest absolute Gasteiger partial charge is 0.330 e. The summed E-state index contributed by atoms with van der Waals surface area (Å²) in [6, 6.07) is 0.200. The average molecular weight is 580 g/mol. The summed E-state index contributed by atoms with van der Waals surface area (Å²) in [4.78, 5) is 54.5. The van der Waals surface area contributed by atoms with Gasteiger partial charge in [-0.05, 0) is 37.1 Å². The predicted octanol–water partition coefficient (Wildman–Crippen LogP) is 2.25. The number of imidazole rings is 1. The van der Waals surface area contributed by atoms with E-state index in [-0.39, 0.29) is 24.8 Å². The van der Waals surface area contributed by atoms with Gasteiger partial charge >= 0.3 is 5.97 Å². The van der Waals surface area contributed by atoms with Gasteiger partial charge in [-0.2, -0.15) is 4.98 Å². The number of hydrogen-bond donors (Lipinski definition) is 3. The Kier molecular flexibility index (Phi) is 7.24. The summed E-state index contributed by atoms with van der Waals surface area (Å²) in [5.41, 5.74) is 5.66. The fourth-order valence-electron chi connectivity index (χ4n) is 5.80. The van der Waals surface area contributed by atoms with Gasteiger partial charge in [-0.1, -0.05) is 25.0 Å². The first-order chi connectivity index (χ1) is 19.8. The maximum absolute atomic E-state index is 13.6. The molecule has 12 nitrogen and oxygen atoms in total. The lowest BCUT2D eigenvalue weighted by Gasteiger charge is -2.27. The average Bonchev–Trinajstić information content (AvgIpc) is 3.34. The number of ether oxygens (including phenoxy) is 1. The maximum Gasteiger partial charge on any atom is 0.330 e. The first-order valence-electron chi connectivity index (χ1n) is 13.9. The number of carbonyl (C=O) groups excluding carboxylic acids is 2. The fraction of sp³-hybridized carbons (Fsp3) is 0.500. The predicted molar refractivity (Wildman–Crippen MR) is 151 cm³/mol. The first kappa shape index (κ1) is 27.3. The lowest BCUT2D eigenvalue weighted by atomic mass is 10.1. The van der Waals surface area contributed by atoms with Crippen LogP contribution < -0.4 is 15.8 Å². The summed E-state index contributed by atoms with van der Waals surface area (Å²) in [5, 5.41) is 14.7. The Morgan fingerprint density at radius 3 is 2.90 bits per heavy atom. The summed E-state index contributed by atoms with van der Waals surface area (Å²) >= 11 is 1.44. The third kappa shape index (κ3) is 5.19. The molecule has 0 radical (unpaired) electrons. The van der Waals surface area contributed by atoms with E-state index in [9.17, 15) is 19.5 Å². The minimum absolute atomic E-state index is 0.128. The Labute approximate surface area is 240 Å². The van der Waals surface area contributed by atoms with Gasteiger partial charge in [-0.3, -0.25) is 9.59 Å². The molecule has 4 N–H and O–H groups in total. The molecule has 216 valence electrons. The second-order valence-corrected chi connectivity index (χ2v) is 12.0. The minimum Gasteiger partial charge on any atom is -0.479 e. The maximum atomic E-state index is 13.6. The quantitative estimate of drug-likeness (QED) is 0.393. The third-order valence-electron chi connectivity index (χ3n) is 8.23. The standard InChI is InChI=1S/C28H33N7O5S/c1-34-11-10-30-23(34)22-31-19-9-12-41-21(19)25(32-22)40-17-13-20-24(36)33-28(27(38)39)14-16(28)7-5-3-2-4-6-8-18(29)26(37)35(20)15-17/h5,7,9-12,16-18,20H,2-4,6,8,13-15,29H2,1H3,(H,33,36)(H,38,39)/t16-,17-,18?,20+,28-/m1/s1. The molecular formula is C28H33N7O5S. The van der Waals surface area contributed by atoms with Crippen LogP contribution in [0.3, 0.4) is 0 Å². The Bertz CT molecular complexity index is 1520. The van der Waals surface area contributed by atoms with Crippen molar-refractivity contribution in [2.75, 3.05) is 6.54 Å². The van der Waals surface area contributed by atoms with Crippen molar-refractivity contribution in [1.29, 1.82) is 0 Å². The number of nitrogens with zero attached hydrogens (tertiary/aromatic N) is 5. The topological polar surface area (TPSA) is 166 Å². The van der Waals surface area contributed by atoms with Gasteiger partial charge in [-0.15, -0.1) is 11.3 Å². The highest BCUT2D eigenvalue weighted by Crippen LogP contribution is 2.45. The Morgan fingerprint density at radius 1 is 1.27 bits per heavy atom. The summed E-state index contributed by atoms with van der Waals surface area (Å²) in [7, 11) is 1.85. The minimum atomic E-state index is -1.36. The second-order valence-electron chi connectivity index (χ2n) is 11.1. The molecule has 1 saturated heterocycles. The van der Waals surface area contributed by atoms with Crippen LogP contribution >= 0.6 is 11.3 Å². The summed E-state index contributed by atoms with van der Waals surface area (Å²) in [5.74, 6) is -0.879. The number of nitrogens with one attached hydrogen (secondary N) is 1. The molecule has 1 aliphatic carbocycles. The number of carboxylic acids is 1. The molecule has 2 amide bonds. The second kappa shape index (κ2) is 10.9. The number of amides is 2. The van der Waals surface area contributed by atoms with Crippen molar-refractivity contribution in [2.45, 2.75) is 68.7 Å². The van der Waals surface area contributed by atoms with Crippen LogP contribution in [0.5, 0.6) is 5.88 Å². The number of thiophene rings is 1. The van der Waals surface area contributed by atoms with Crippen LogP contribution in [0.25, 0.3) is 21.9 Å². The van der Waals surface area contributed by atoms with E-state index in [0.29, 0.717) is 35.9 Å². The van der Waals surface area contributed by atoms with Gasteiger partial charge < -0.3 is 30.4 Å². The van der Waals surface area contributed by atoms with Crippen molar-refractivity contribution in [3.8, 4) is 17.5 Å². The van der Waals surface area contributed by atoms with E-state index in [2.05, 4.69) is 20.3 Å². The molecule has 6 rings (SSSR count). The number of carboxylic acid groups (broad SMARTS) is 1. The number of carbonyl (C=O) groups is 3. The van der Waals surface area contributed by atoms with Crippen molar-refractivity contribution in [2.24, 2.45) is 18.7 Å². The van der Waals surface area contributed by atoms with Crippen molar-refractivity contribution in [1.82, 2.24) is 29.7 Å². The van der Waals surface area contributed by atoms with Crippen molar-refractivity contribution in [3.63, 3.8) is 0 Å². The van der Waals surface area contributed by atoms with Gasteiger partial charge in [0.05, 0.1) is 18.1 Å². The van der Waals surface area contributed by atoms with Gasteiger partial charge in [0.1, 0.15) is 22.4 Å². The molecule has 3 aromatic rings. The lowest BCUT2D eigenvalue weighted by molar-refractivity contribution is -0.145. The van der Waals surface area contributed by atoms with Crippen molar-refractivity contribution >= 4 is 39.3 Å². The number of aromatic nitrogens is 4. The molecule has 5 heterocycles. The molecule has 2 aliphatic heterocycles. The van der Waals surface area contributed by atoms with E-state index in [1.807, 2.05) is 35.2 Å². The highest BCUT2D eigenvalue weighted by molar-refractivity contribution is 7.17. The molecule has 3 aromatic heterocycles. The molecule has 1 unspecified atom stereocenters. The highest BCUT2D eigenvalue weighted by atomic mass is 32.1. The molecule has 5 atom stereocenters. The summed E-state index contributed by atoms with van der Waals surface area (Å²) in [6.07, 6.45) is 11.2. The van der Waals surface area contributed by atoms with Gasteiger partial charge in [-0.25, -0.2) is 14.8 Å². The SMILES string of the molecule is Cn1ccnc1-c1nc(O[C@@H]2C[C@H]3C(=O)N[C@]4(C(=O)O)C[C@H]4C=CCCCCCC(N)C(=O)N3C2)c2sccc2n1. The van der Waals surface area contributed by atoms with Crippen molar-refractivity contribution < 1.29 is 24.2 Å². The van der Waals surface area contributed by atoms with E-state index in [0.717, 1.165) is 30.4 Å². The molecule has 3 aliphatic rings. The van der Waals surface area contributed by atoms with Gasteiger partial charge in [0.15, 0.2) is 11.6 Å². The lowest BCUT2D eigenvalue weighted by Crippen LogP contribution is -2.55. The third-order valence-corrected chi connectivity index (χ3v) is 9.13.